The molecule has 0 saturated heterocycles. The first-order valence-electron chi connectivity index (χ1n) is 7.75. The van der Waals surface area contributed by atoms with Crippen LogP contribution in [0.1, 0.15) is 40.2 Å². The zero-order valence-corrected chi connectivity index (χ0v) is 15.7. The quantitative estimate of drug-likeness (QED) is 0.866. The molecule has 1 rings (SSSR count). The van der Waals surface area contributed by atoms with Gasteiger partial charge >= 0.3 is 0 Å². The average molecular weight is 340 g/mol. The Kier molecular flexibility index (Phi) is 6.36. The molecule has 0 unspecified atom stereocenters. The van der Waals surface area contributed by atoms with E-state index in [9.17, 15) is 13.2 Å². The molecule has 1 aromatic rings. The van der Waals surface area contributed by atoms with E-state index in [-0.39, 0.29) is 23.8 Å². The summed E-state index contributed by atoms with van der Waals surface area (Å²) < 4.78 is 24.9. The molecule has 1 aromatic carbocycles. The predicted molar refractivity (Wildman–Crippen MR) is 95.0 cm³/mol. The van der Waals surface area contributed by atoms with Crippen molar-refractivity contribution in [3.8, 4) is 0 Å². The standard InChI is InChI=1S/C17H28N2O3S/c1-13(2)11-19(23(6,21)22)12-16(20)18-15-10-8-7-9-14(15)17(3,4)5/h7-10,13H,11-12H2,1-6H3,(H,18,20). The highest BCUT2D eigenvalue weighted by Gasteiger charge is 2.23. The summed E-state index contributed by atoms with van der Waals surface area (Å²) in [5.74, 6) is -0.174. The van der Waals surface area contributed by atoms with Crippen LogP contribution in [0.3, 0.4) is 0 Å². The Morgan fingerprint density at radius 3 is 2.26 bits per heavy atom. The lowest BCUT2D eigenvalue weighted by atomic mass is 9.86. The highest BCUT2D eigenvalue weighted by molar-refractivity contribution is 7.88. The molecule has 0 spiro atoms. The fraction of sp³-hybridized carbons (Fsp3) is 0.588. The Hall–Kier alpha value is -1.40. The fourth-order valence-corrected chi connectivity index (χ4v) is 3.24. The molecule has 0 radical (unpaired) electrons. The molecule has 1 N–H and O–H groups in total. The number of hydrogen-bond donors (Lipinski definition) is 1. The van der Waals surface area contributed by atoms with Crippen LogP contribution in [0.5, 0.6) is 0 Å². The Labute approximate surface area is 140 Å². The molecule has 0 aliphatic rings. The maximum absolute atomic E-state index is 12.3. The highest BCUT2D eigenvalue weighted by atomic mass is 32.2. The van der Waals surface area contributed by atoms with Gasteiger partial charge in [0.2, 0.25) is 15.9 Å². The van der Waals surface area contributed by atoms with Crippen LogP contribution in [0.15, 0.2) is 24.3 Å². The number of amides is 1. The van der Waals surface area contributed by atoms with Gasteiger partial charge in [-0.1, -0.05) is 52.8 Å². The van der Waals surface area contributed by atoms with Gasteiger partial charge in [0.05, 0.1) is 12.8 Å². The molecule has 6 heteroatoms. The summed E-state index contributed by atoms with van der Waals surface area (Å²) >= 11 is 0. The van der Waals surface area contributed by atoms with Gasteiger partial charge in [-0.15, -0.1) is 0 Å². The van der Waals surface area contributed by atoms with Crippen molar-refractivity contribution in [3.05, 3.63) is 29.8 Å². The van der Waals surface area contributed by atoms with Crippen molar-refractivity contribution in [1.29, 1.82) is 0 Å². The van der Waals surface area contributed by atoms with E-state index in [1.807, 2.05) is 38.1 Å². The van der Waals surface area contributed by atoms with E-state index < -0.39 is 10.0 Å². The zero-order valence-electron chi connectivity index (χ0n) is 14.9. The summed E-state index contributed by atoms with van der Waals surface area (Å²) in [5.41, 5.74) is 1.63. The molecule has 0 fully saturated rings. The molecule has 5 nitrogen and oxygen atoms in total. The third kappa shape index (κ3) is 6.31. The first-order valence-corrected chi connectivity index (χ1v) is 9.60. The summed E-state index contributed by atoms with van der Waals surface area (Å²) in [6.45, 7) is 10.2. The van der Waals surface area contributed by atoms with Gasteiger partial charge in [0, 0.05) is 12.2 Å². The second kappa shape index (κ2) is 7.45. The molecule has 1 amide bonds. The van der Waals surface area contributed by atoms with E-state index in [1.165, 1.54) is 4.31 Å². The second-order valence-corrected chi connectivity index (χ2v) is 9.28. The number of carbonyl (C=O) groups excluding carboxylic acids is 1. The van der Waals surface area contributed by atoms with Crippen LogP contribution < -0.4 is 5.32 Å². The number of para-hydroxylation sites is 1. The maximum Gasteiger partial charge on any atom is 0.239 e. The molecule has 0 aromatic heterocycles. The van der Waals surface area contributed by atoms with Crippen LogP contribution in [-0.4, -0.2) is 38.0 Å². The zero-order chi connectivity index (χ0) is 17.8. The van der Waals surface area contributed by atoms with Crippen molar-refractivity contribution in [3.63, 3.8) is 0 Å². The van der Waals surface area contributed by atoms with E-state index in [4.69, 9.17) is 0 Å². The molecular formula is C17H28N2O3S. The molecule has 0 saturated carbocycles. The number of benzene rings is 1. The van der Waals surface area contributed by atoms with E-state index >= 15 is 0 Å². The van der Waals surface area contributed by atoms with Gasteiger partial charge in [0.25, 0.3) is 0 Å². The van der Waals surface area contributed by atoms with Gasteiger partial charge in [0.15, 0.2) is 0 Å². The molecule has 130 valence electrons. The van der Waals surface area contributed by atoms with Gasteiger partial charge in [0.1, 0.15) is 0 Å². The molecule has 0 aliphatic carbocycles. The Balaban J connectivity index is 2.92. The smallest absolute Gasteiger partial charge is 0.239 e. The van der Waals surface area contributed by atoms with Gasteiger partial charge < -0.3 is 5.32 Å². The summed E-state index contributed by atoms with van der Waals surface area (Å²) in [6.07, 6.45) is 1.13. The number of hydrogen-bond acceptors (Lipinski definition) is 3. The minimum atomic E-state index is -3.41. The lowest BCUT2D eigenvalue weighted by Gasteiger charge is -2.24. The number of anilines is 1. The SMILES string of the molecule is CC(C)CN(CC(=O)Nc1ccccc1C(C)(C)C)S(C)(=O)=O. The predicted octanol–water partition coefficient (Wildman–Crippen LogP) is 2.84. The fourth-order valence-electron chi connectivity index (χ4n) is 2.32. The molecule has 23 heavy (non-hydrogen) atoms. The lowest BCUT2D eigenvalue weighted by molar-refractivity contribution is -0.116. The van der Waals surface area contributed by atoms with Crippen molar-refractivity contribution < 1.29 is 13.2 Å². The first-order chi connectivity index (χ1) is 10.4. The third-order valence-electron chi connectivity index (χ3n) is 3.37. The maximum atomic E-state index is 12.3. The third-order valence-corrected chi connectivity index (χ3v) is 4.58. The van der Waals surface area contributed by atoms with E-state index in [2.05, 4.69) is 26.1 Å². The molecule has 0 aliphatic heterocycles. The monoisotopic (exact) mass is 340 g/mol. The topological polar surface area (TPSA) is 66.5 Å². The Morgan fingerprint density at radius 1 is 1.22 bits per heavy atom. The van der Waals surface area contributed by atoms with Crippen LogP contribution in [0, 0.1) is 5.92 Å². The minimum Gasteiger partial charge on any atom is -0.325 e. The van der Waals surface area contributed by atoms with Crippen molar-refractivity contribution in [2.24, 2.45) is 5.92 Å². The highest BCUT2D eigenvalue weighted by Crippen LogP contribution is 2.29. The van der Waals surface area contributed by atoms with Gasteiger partial charge in [-0.3, -0.25) is 4.79 Å². The Morgan fingerprint density at radius 2 is 1.78 bits per heavy atom. The number of sulfonamides is 1. The largest absolute Gasteiger partial charge is 0.325 e. The van der Waals surface area contributed by atoms with E-state index in [1.54, 1.807) is 0 Å². The van der Waals surface area contributed by atoms with Crippen molar-refractivity contribution in [1.82, 2.24) is 4.31 Å². The van der Waals surface area contributed by atoms with Gasteiger partial charge in [-0.05, 0) is 23.0 Å². The summed E-state index contributed by atoms with van der Waals surface area (Å²) in [6, 6.07) is 7.59. The normalized spacial score (nSPS) is 12.7. The molecule has 0 heterocycles. The van der Waals surface area contributed by atoms with Gasteiger partial charge in [-0.2, -0.15) is 4.31 Å². The molecular weight excluding hydrogens is 312 g/mol. The summed E-state index contributed by atoms with van der Waals surface area (Å²) in [5, 5.41) is 2.85. The van der Waals surface area contributed by atoms with Crippen LogP contribution in [0.2, 0.25) is 0 Å². The van der Waals surface area contributed by atoms with Gasteiger partial charge in [-0.25, -0.2) is 8.42 Å². The lowest BCUT2D eigenvalue weighted by Crippen LogP contribution is -2.39. The van der Waals surface area contributed by atoms with E-state index in [0.717, 1.165) is 17.5 Å². The first kappa shape index (κ1) is 19.6. The summed E-state index contributed by atoms with van der Waals surface area (Å²) in [4.78, 5) is 12.3. The second-order valence-electron chi connectivity index (χ2n) is 7.29. The summed E-state index contributed by atoms with van der Waals surface area (Å²) in [7, 11) is -3.41. The van der Waals surface area contributed by atoms with E-state index in [0.29, 0.717) is 6.54 Å². The van der Waals surface area contributed by atoms with Crippen LogP contribution >= 0.6 is 0 Å². The number of rotatable bonds is 6. The van der Waals surface area contributed by atoms with Crippen molar-refractivity contribution in [2.75, 3.05) is 24.7 Å². The van der Waals surface area contributed by atoms with Crippen LogP contribution in [0.4, 0.5) is 5.69 Å². The average Bonchev–Trinajstić information content (AvgIpc) is 2.35. The Bertz CT molecular complexity index is 646. The van der Waals surface area contributed by atoms with Crippen molar-refractivity contribution in [2.45, 2.75) is 40.0 Å². The molecule has 0 atom stereocenters. The number of carbonyl (C=O) groups is 1. The number of nitrogens with one attached hydrogen (secondary N) is 1. The minimum absolute atomic E-state index is 0.113. The molecule has 0 bridgehead atoms. The van der Waals surface area contributed by atoms with Crippen LogP contribution in [-0.2, 0) is 20.2 Å². The van der Waals surface area contributed by atoms with Crippen LogP contribution in [0.25, 0.3) is 0 Å². The number of nitrogens with zero attached hydrogens (tertiary/aromatic N) is 1. The van der Waals surface area contributed by atoms with Crippen molar-refractivity contribution >= 4 is 21.6 Å².